The molecule has 1 unspecified atom stereocenters. The maximum absolute atomic E-state index is 10.6. The van der Waals surface area contributed by atoms with E-state index in [0.717, 1.165) is 31.4 Å². The van der Waals surface area contributed by atoms with Crippen LogP contribution in [0.2, 0.25) is 0 Å². The van der Waals surface area contributed by atoms with E-state index in [1.165, 1.54) is 37.4 Å². The summed E-state index contributed by atoms with van der Waals surface area (Å²) >= 11 is 1.53. The highest BCUT2D eigenvalue weighted by Gasteiger charge is 2.09. The molecule has 0 saturated carbocycles. The number of carbonyl (C=O) groups is 1. The molecule has 0 amide bonds. The number of allylic oxidation sites excluding steroid dienone is 4. The predicted molar refractivity (Wildman–Crippen MR) is 90.4 cm³/mol. The fraction of sp³-hybridized carbons (Fsp3) is 0.706. The quantitative estimate of drug-likeness (QED) is 0.363. The molecule has 0 saturated heterocycles. The normalized spacial score (nSPS) is 13.3. The van der Waals surface area contributed by atoms with Gasteiger partial charge in [-0.25, -0.2) is 0 Å². The van der Waals surface area contributed by atoms with Crippen molar-refractivity contribution in [1.82, 2.24) is 0 Å². The molecule has 0 fully saturated rings. The fourth-order valence-electron chi connectivity index (χ4n) is 1.71. The molecule has 1 atom stereocenters. The van der Waals surface area contributed by atoms with Gasteiger partial charge in [-0.1, -0.05) is 44.1 Å². The third-order valence-corrected chi connectivity index (χ3v) is 4.29. The molecule has 0 spiro atoms. The molecule has 0 aliphatic rings. The third kappa shape index (κ3) is 13.7. The van der Waals surface area contributed by atoms with Crippen molar-refractivity contribution in [2.45, 2.75) is 70.5 Å². The van der Waals surface area contributed by atoms with Crippen molar-refractivity contribution in [3.05, 3.63) is 24.3 Å². The average molecular weight is 298 g/mol. The maximum Gasteiger partial charge on any atom is 0.316 e. The summed E-state index contributed by atoms with van der Waals surface area (Å²) in [6, 6.07) is 0. The SMILES string of the molecule is CCCCC/C=C\C/C=C\CCCCSC(C)C(=O)O. The summed E-state index contributed by atoms with van der Waals surface area (Å²) in [5.41, 5.74) is 0. The number of hydrogen-bond acceptors (Lipinski definition) is 2. The van der Waals surface area contributed by atoms with Crippen molar-refractivity contribution in [3.8, 4) is 0 Å². The minimum absolute atomic E-state index is 0.275. The zero-order chi connectivity index (χ0) is 15.1. The van der Waals surface area contributed by atoms with Crippen molar-refractivity contribution in [3.63, 3.8) is 0 Å². The highest BCUT2D eigenvalue weighted by Crippen LogP contribution is 2.13. The Morgan fingerprint density at radius 3 is 2.20 bits per heavy atom. The Kier molecular flexibility index (Phi) is 14.2. The Hall–Kier alpha value is -0.700. The van der Waals surface area contributed by atoms with Crippen molar-refractivity contribution in [1.29, 1.82) is 0 Å². The first-order valence-corrected chi connectivity index (χ1v) is 8.87. The molecule has 0 aromatic carbocycles. The molecule has 0 aromatic heterocycles. The van der Waals surface area contributed by atoms with Gasteiger partial charge >= 0.3 is 5.97 Å². The minimum Gasteiger partial charge on any atom is -0.480 e. The van der Waals surface area contributed by atoms with E-state index in [9.17, 15) is 4.79 Å². The van der Waals surface area contributed by atoms with E-state index >= 15 is 0 Å². The summed E-state index contributed by atoms with van der Waals surface area (Å²) < 4.78 is 0. The second-order valence-electron chi connectivity index (χ2n) is 5.02. The summed E-state index contributed by atoms with van der Waals surface area (Å²) in [6.07, 6.45) is 18.5. The van der Waals surface area contributed by atoms with Crippen LogP contribution in [0.25, 0.3) is 0 Å². The first kappa shape index (κ1) is 19.3. The smallest absolute Gasteiger partial charge is 0.316 e. The van der Waals surface area contributed by atoms with E-state index in [2.05, 4.69) is 31.2 Å². The van der Waals surface area contributed by atoms with Crippen LogP contribution in [0.4, 0.5) is 0 Å². The molecule has 0 bridgehead atoms. The first-order valence-electron chi connectivity index (χ1n) is 7.82. The van der Waals surface area contributed by atoms with Gasteiger partial charge in [-0.3, -0.25) is 4.79 Å². The second kappa shape index (κ2) is 14.7. The van der Waals surface area contributed by atoms with Crippen LogP contribution in [-0.4, -0.2) is 22.1 Å². The zero-order valence-electron chi connectivity index (χ0n) is 13.0. The van der Waals surface area contributed by atoms with Crippen molar-refractivity contribution >= 4 is 17.7 Å². The van der Waals surface area contributed by atoms with Crippen LogP contribution in [-0.2, 0) is 4.79 Å². The highest BCUT2D eigenvalue weighted by atomic mass is 32.2. The van der Waals surface area contributed by atoms with Gasteiger partial charge in [0.15, 0.2) is 0 Å². The minimum atomic E-state index is -0.708. The summed E-state index contributed by atoms with van der Waals surface area (Å²) in [5, 5.41) is 8.46. The van der Waals surface area contributed by atoms with Crippen LogP contribution >= 0.6 is 11.8 Å². The van der Waals surface area contributed by atoms with E-state index in [0.29, 0.717) is 0 Å². The number of hydrogen-bond donors (Lipinski definition) is 1. The molecule has 0 aliphatic heterocycles. The predicted octanol–water partition coefficient (Wildman–Crippen LogP) is 5.45. The van der Waals surface area contributed by atoms with Gasteiger partial charge in [0.1, 0.15) is 0 Å². The Morgan fingerprint density at radius 2 is 1.65 bits per heavy atom. The number of thioether (sulfide) groups is 1. The molecule has 3 heteroatoms. The summed E-state index contributed by atoms with van der Waals surface area (Å²) in [7, 11) is 0. The monoisotopic (exact) mass is 298 g/mol. The molecule has 116 valence electrons. The average Bonchev–Trinajstić information content (AvgIpc) is 2.43. The molecule has 0 rings (SSSR count). The standard InChI is InChI=1S/C17H30O2S/c1-3-4-5-6-7-8-9-10-11-12-13-14-15-20-16(2)17(18)19/h7-8,10-11,16H,3-6,9,12-15H2,1-2H3,(H,18,19)/b8-7-,11-10-. The Balaban J connectivity index is 3.29. The lowest BCUT2D eigenvalue weighted by molar-refractivity contribution is -0.136. The topological polar surface area (TPSA) is 37.3 Å². The lowest BCUT2D eigenvalue weighted by Crippen LogP contribution is -2.11. The van der Waals surface area contributed by atoms with E-state index in [-0.39, 0.29) is 5.25 Å². The van der Waals surface area contributed by atoms with Gasteiger partial charge in [-0.2, -0.15) is 0 Å². The van der Waals surface area contributed by atoms with Crippen LogP contribution in [0.1, 0.15) is 65.2 Å². The second-order valence-corrected chi connectivity index (χ2v) is 6.47. The van der Waals surface area contributed by atoms with Gasteiger partial charge in [0.2, 0.25) is 0 Å². The largest absolute Gasteiger partial charge is 0.480 e. The Bertz CT molecular complexity index is 285. The lowest BCUT2D eigenvalue weighted by atomic mass is 10.2. The van der Waals surface area contributed by atoms with Gasteiger partial charge in [0.05, 0.1) is 5.25 Å². The molecule has 0 aromatic rings. The third-order valence-electron chi connectivity index (χ3n) is 3.06. The number of carboxylic acid groups (broad SMARTS) is 1. The van der Waals surface area contributed by atoms with Crippen molar-refractivity contribution < 1.29 is 9.90 Å². The van der Waals surface area contributed by atoms with E-state index in [1.54, 1.807) is 6.92 Å². The molecular formula is C17H30O2S. The summed E-state index contributed by atoms with van der Waals surface area (Å²) in [5.74, 6) is 0.235. The number of carboxylic acids is 1. The highest BCUT2D eigenvalue weighted by molar-refractivity contribution is 8.00. The van der Waals surface area contributed by atoms with Crippen LogP contribution in [0.3, 0.4) is 0 Å². The molecule has 1 N–H and O–H groups in total. The Labute approximate surface area is 128 Å². The fourth-order valence-corrected chi connectivity index (χ4v) is 2.58. The molecule has 0 radical (unpaired) electrons. The van der Waals surface area contributed by atoms with Crippen LogP contribution in [0, 0.1) is 0 Å². The van der Waals surface area contributed by atoms with Crippen LogP contribution < -0.4 is 0 Å². The van der Waals surface area contributed by atoms with Gasteiger partial charge in [0.25, 0.3) is 0 Å². The van der Waals surface area contributed by atoms with Gasteiger partial charge in [-0.15, -0.1) is 11.8 Å². The molecule has 20 heavy (non-hydrogen) atoms. The van der Waals surface area contributed by atoms with Crippen LogP contribution in [0.15, 0.2) is 24.3 Å². The maximum atomic E-state index is 10.6. The van der Waals surface area contributed by atoms with Gasteiger partial charge in [-0.05, 0) is 51.2 Å². The van der Waals surface area contributed by atoms with Crippen molar-refractivity contribution in [2.24, 2.45) is 0 Å². The van der Waals surface area contributed by atoms with E-state index in [1.807, 2.05) is 0 Å². The summed E-state index contributed by atoms with van der Waals surface area (Å²) in [4.78, 5) is 10.6. The van der Waals surface area contributed by atoms with Gasteiger partial charge in [0, 0.05) is 0 Å². The molecule has 0 aliphatic carbocycles. The molecule has 0 heterocycles. The summed E-state index contributed by atoms with van der Waals surface area (Å²) in [6.45, 7) is 3.98. The number of unbranched alkanes of at least 4 members (excludes halogenated alkanes) is 5. The lowest BCUT2D eigenvalue weighted by Gasteiger charge is -2.04. The van der Waals surface area contributed by atoms with Crippen LogP contribution in [0.5, 0.6) is 0 Å². The van der Waals surface area contributed by atoms with Crippen molar-refractivity contribution in [2.75, 3.05) is 5.75 Å². The molecular weight excluding hydrogens is 268 g/mol. The zero-order valence-corrected chi connectivity index (χ0v) is 13.8. The number of aliphatic carboxylic acids is 1. The number of rotatable bonds is 13. The Morgan fingerprint density at radius 1 is 1.05 bits per heavy atom. The van der Waals surface area contributed by atoms with Gasteiger partial charge < -0.3 is 5.11 Å². The molecule has 2 nitrogen and oxygen atoms in total. The first-order chi connectivity index (χ1) is 9.68. The van der Waals surface area contributed by atoms with E-state index in [4.69, 9.17) is 5.11 Å². The van der Waals surface area contributed by atoms with E-state index < -0.39 is 5.97 Å².